The average molecular weight is 254 g/mol. The molecule has 0 saturated heterocycles. The van der Waals surface area contributed by atoms with E-state index in [1.54, 1.807) is 6.07 Å². The second-order valence-electron chi connectivity index (χ2n) is 4.68. The summed E-state index contributed by atoms with van der Waals surface area (Å²) in [6.07, 6.45) is 7.29. The minimum Gasteiger partial charge on any atom is -0.397 e. The van der Waals surface area contributed by atoms with Crippen LogP contribution in [0.2, 0.25) is 0 Å². The maximum Gasteiger partial charge on any atom is 0.125 e. The number of nitrogens with two attached hydrogens (primary N) is 1. The van der Waals surface area contributed by atoms with Crippen molar-refractivity contribution in [3.63, 3.8) is 0 Å². The molecule has 0 radical (unpaired) electrons. The number of rotatable bonds is 4. The average Bonchev–Trinajstić information content (AvgIpc) is 2.77. The van der Waals surface area contributed by atoms with E-state index in [9.17, 15) is 4.39 Å². The molecule has 0 spiro atoms. The van der Waals surface area contributed by atoms with Crippen molar-refractivity contribution in [2.45, 2.75) is 30.4 Å². The van der Waals surface area contributed by atoms with Crippen LogP contribution in [0.1, 0.15) is 25.7 Å². The van der Waals surface area contributed by atoms with Gasteiger partial charge in [-0.25, -0.2) is 4.39 Å². The van der Waals surface area contributed by atoms with Gasteiger partial charge in [0, 0.05) is 11.3 Å². The summed E-state index contributed by atoms with van der Waals surface area (Å²) in [4.78, 5) is 0. The lowest BCUT2D eigenvalue weighted by Crippen LogP contribution is -2.30. The van der Waals surface area contributed by atoms with Crippen LogP contribution in [0.3, 0.4) is 0 Å². The van der Waals surface area contributed by atoms with Crippen molar-refractivity contribution in [1.29, 1.82) is 0 Å². The van der Waals surface area contributed by atoms with E-state index in [1.807, 2.05) is 11.8 Å². The molecule has 1 aliphatic rings. The molecular weight excluding hydrogens is 235 g/mol. The molecule has 1 saturated carbocycles. The third-order valence-electron chi connectivity index (χ3n) is 3.56. The van der Waals surface area contributed by atoms with Crippen LogP contribution in [0.25, 0.3) is 0 Å². The number of thioether (sulfide) groups is 1. The van der Waals surface area contributed by atoms with Gasteiger partial charge in [0.1, 0.15) is 5.82 Å². The molecule has 0 aliphatic heterocycles. The zero-order valence-electron chi connectivity index (χ0n) is 10.1. The van der Waals surface area contributed by atoms with Gasteiger partial charge in [-0.2, -0.15) is 11.8 Å². The Kier molecular flexibility index (Phi) is 3.82. The minimum atomic E-state index is -0.284. The van der Waals surface area contributed by atoms with E-state index in [-0.39, 0.29) is 5.82 Å². The van der Waals surface area contributed by atoms with E-state index in [1.165, 1.54) is 37.8 Å². The van der Waals surface area contributed by atoms with Crippen molar-refractivity contribution >= 4 is 23.1 Å². The summed E-state index contributed by atoms with van der Waals surface area (Å²) in [6.45, 7) is 0.907. The van der Waals surface area contributed by atoms with E-state index >= 15 is 0 Å². The lowest BCUT2D eigenvalue weighted by molar-refractivity contribution is 0.627. The maximum absolute atomic E-state index is 12.9. The van der Waals surface area contributed by atoms with Gasteiger partial charge in [0.25, 0.3) is 0 Å². The molecular formula is C13H19FN2S. The third kappa shape index (κ3) is 2.86. The van der Waals surface area contributed by atoms with Crippen LogP contribution < -0.4 is 11.1 Å². The summed E-state index contributed by atoms with van der Waals surface area (Å²) in [6, 6.07) is 4.52. The van der Waals surface area contributed by atoms with Crippen LogP contribution >= 0.6 is 11.8 Å². The Morgan fingerprint density at radius 3 is 2.71 bits per heavy atom. The highest BCUT2D eigenvalue weighted by Gasteiger charge is 2.32. The van der Waals surface area contributed by atoms with Crippen LogP contribution in [0.15, 0.2) is 18.2 Å². The number of hydrogen-bond acceptors (Lipinski definition) is 3. The number of nitrogens with one attached hydrogen (secondary N) is 1. The van der Waals surface area contributed by atoms with Crippen molar-refractivity contribution in [2.75, 3.05) is 23.9 Å². The molecule has 0 amide bonds. The molecule has 1 aromatic rings. The Morgan fingerprint density at radius 1 is 1.41 bits per heavy atom. The first kappa shape index (κ1) is 12.6. The quantitative estimate of drug-likeness (QED) is 0.808. The van der Waals surface area contributed by atoms with Gasteiger partial charge >= 0.3 is 0 Å². The van der Waals surface area contributed by atoms with Gasteiger partial charge in [-0.1, -0.05) is 12.8 Å². The second kappa shape index (κ2) is 5.17. The lowest BCUT2D eigenvalue weighted by Gasteiger charge is -2.27. The SMILES string of the molecule is CSC1(CNc2ccc(F)cc2N)CCCC1. The van der Waals surface area contributed by atoms with Crippen LogP contribution in [-0.4, -0.2) is 17.5 Å². The zero-order chi connectivity index (χ0) is 12.3. The molecule has 0 heterocycles. The standard InChI is InChI=1S/C13H19FN2S/c1-17-13(6-2-3-7-13)9-16-12-5-4-10(14)8-11(12)15/h4-5,8,16H,2-3,6-7,9,15H2,1H3. The van der Waals surface area contributed by atoms with E-state index < -0.39 is 0 Å². The predicted molar refractivity (Wildman–Crippen MR) is 74.0 cm³/mol. The molecule has 17 heavy (non-hydrogen) atoms. The Balaban J connectivity index is 2.01. The van der Waals surface area contributed by atoms with Crippen molar-refractivity contribution in [2.24, 2.45) is 0 Å². The molecule has 1 aromatic carbocycles. The van der Waals surface area contributed by atoms with Gasteiger partial charge in [-0.05, 0) is 37.3 Å². The Labute approximate surface area is 106 Å². The fraction of sp³-hybridized carbons (Fsp3) is 0.538. The number of hydrogen-bond donors (Lipinski definition) is 2. The highest BCUT2D eigenvalue weighted by molar-refractivity contribution is 8.00. The van der Waals surface area contributed by atoms with Crippen LogP contribution in [0.4, 0.5) is 15.8 Å². The van der Waals surface area contributed by atoms with Gasteiger partial charge < -0.3 is 11.1 Å². The highest BCUT2D eigenvalue weighted by Crippen LogP contribution is 2.40. The van der Waals surface area contributed by atoms with Gasteiger partial charge in [0.05, 0.1) is 11.4 Å². The van der Waals surface area contributed by atoms with Crippen LogP contribution in [-0.2, 0) is 0 Å². The summed E-state index contributed by atoms with van der Waals surface area (Å²) in [7, 11) is 0. The topological polar surface area (TPSA) is 38.0 Å². The van der Waals surface area contributed by atoms with Gasteiger partial charge in [-0.15, -0.1) is 0 Å². The van der Waals surface area contributed by atoms with Gasteiger partial charge in [-0.3, -0.25) is 0 Å². The molecule has 3 N–H and O–H groups in total. The summed E-state index contributed by atoms with van der Waals surface area (Å²) in [5.41, 5.74) is 7.11. The number of halogens is 1. The predicted octanol–water partition coefficient (Wildman–Crippen LogP) is 3.50. The monoisotopic (exact) mass is 254 g/mol. The summed E-state index contributed by atoms with van der Waals surface area (Å²) in [5, 5.41) is 3.36. The Hall–Kier alpha value is -0.900. The summed E-state index contributed by atoms with van der Waals surface area (Å²) >= 11 is 1.93. The van der Waals surface area contributed by atoms with Gasteiger partial charge in [0.15, 0.2) is 0 Å². The Bertz CT molecular complexity index is 389. The first-order valence-corrected chi connectivity index (χ1v) is 7.22. The fourth-order valence-electron chi connectivity index (χ4n) is 2.42. The molecule has 2 rings (SSSR count). The normalized spacial score (nSPS) is 18.2. The third-order valence-corrected chi connectivity index (χ3v) is 4.98. The zero-order valence-corrected chi connectivity index (χ0v) is 10.9. The van der Waals surface area contributed by atoms with Crippen LogP contribution in [0.5, 0.6) is 0 Å². The molecule has 1 fully saturated rings. The molecule has 0 unspecified atom stereocenters. The smallest absolute Gasteiger partial charge is 0.125 e. The Morgan fingerprint density at radius 2 is 2.12 bits per heavy atom. The van der Waals surface area contributed by atoms with Crippen molar-refractivity contribution in [1.82, 2.24) is 0 Å². The van der Waals surface area contributed by atoms with E-state index in [0.717, 1.165) is 12.2 Å². The molecule has 94 valence electrons. The van der Waals surface area contributed by atoms with E-state index in [0.29, 0.717) is 10.4 Å². The molecule has 0 aromatic heterocycles. The van der Waals surface area contributed by atoms with Gasteiger partial charge in [0.2, 0.25) is 0 Å². The van der Waals surface area contributed by atoms with Crippen molar-refractivity contribution < 1.29 is 4.39 Å². The second-order valence-corrected chi connectivity index (χ2v) is 5.95. The lowest BCUT2D eigenvalue weighted by atomic mass is 10.1. The molecule has 0 bridgehead atoms. The van der Waals surface area contributed by atoms with E-state index in [4.69, 9.17) is 5.73 Å². The largest absolute Gasteiger partial charge is 0.397 e. The first-order valence-electron chi connectivity index (χ1n) is 5.99. The molecule has 4 heteroatoms. The van der Waals surface area contributed by atoms with Crippen LogP contribution in [0, 0.1) is 5.82 Å². The highest BCUT2D eigenvalue weighted by atomic mass is 32.2. The van der Waals surface area contributed by atoms with E-state index in [2.05, 4.69) is 11.6 Å². The number of nitrogen functional groups attached to an aromatic ring is 1. The minimum absolute atomic E-state index is 0.284. The molecule has 1 aliphatic carbocycles. The molecule has 0 atom stereocenters. The number of benzene rings is 1. The summed E-state index contributed by atoms with van der Waals surface area (Å²) in [5.74, 6) is -0.284. The fourth-order valence-corrected chi connectivity index (χ4v) is 3.34. The number of anilines is 2. The van der Waals surface area contributed by atoms with Crippen molar-refractivity contribution in [3.8, 4) is 0 Å². The van der Waals surface area contributed by atoms with Crippen molar-refractivity contribution in [3.05, 3.63) is 24.0 Å². The first-order chi connectivity index (χ1) is 8.15. The molecule has 2 nitrogen and oxygen atoms in total. The maximum atomic E-state index is 12.9. The summed E-state index contributed by atoms with van der Waals surface area (Å²) < 4.78 is 13.3.